The van der Waals surface area contributed by atoms with E-state index in [-0.39, 0.29) is 10.8 Å². The molecule has 3 heteroatoms. The van der Waals surface area contributed by atoms with Crippen molar-refractivity contribution in [2.24, 2.45) is 0 Å². The summed E-state index contributed by atoms with van der Waals surface area (Å²) in [6.07, 6.45) is 0. The molecule has 0 radical (unpaired) electrons. The highest BCUT2D eigenvalue weighted by Crippen LogP contribution is 2.53. The molecule has 0 unspecified atom stereocenters. The van der Waals surface area contributed by atoms with Gasteiger partial charge in [-0.25, -0.2) is 9.97 Å². The molecular weight excluding hydrogens is 811 g/mol. The van der Waals surface area contributed by atoms with Crippen molar-refractivity contribution in [3.05, 3.63) is 247 Å². The van der Waals surface area contributed by atoms with Gasteiger partial charge in [-0.05, 0) is 109 Å². The highest BCUT2D eigenvalue weighted by Gasteiger charge is 2.37. The molecule has 12 rings (SSSR count). The Balaban J connectivity index is 0.973. The van der Waals surface area contributed by atoms with Crippen LogP contribution in [0.15, 0.2) is 224 Å². The number of anilines is 3. The minimum absolute atomic E-state index is 0.0804. The van der Waals surface area contributed by atoms with E-state index >= 15 is 0 Å². The zero-order valence-electron chi connectivity index (χ0n) is 38.2. The van der Waals surface area contributed by atoms with Crippen LogP contribution in [0.4, 0.5) is 17.1 Å². The van der Waals surface area contributed by atoms with Crippen LogP contribution in [-0.4, -0.2) is 9.97 Å². The first-order valence-corrected chi connectivity index (χ1v) is 23.3. The van der Waals surface area contributed by atoms with E-state index in [2.05, 4.69) is 257 Å². The summed E-state index contributed by atoms with van der Waals surface area (Å²) in [6, 6.07) is 81.2. The lowest BCUT2D eigenvalue weighted by atomic mass is 9.82. The molecule has 2 aliphatic carbocycles. The Labute approximate surface area is 393 Å². The molecule has 2 aliphatic rings. The van der Waals surface area contributed by atoms with Gasteiger partial charge in [0.15, 0.2) is 5.82 Å². The van der Waals surface area contributed by atoms with Crippen molar-refractivity contribution in [2.45, 2.75) is 38.5 Å². The van der Waals surface area contributed by atoms with Crippen LogP contribution < -0.4 is 4.90 Å². The summed E-state index contributed by atoms with van der Waals surface area (Å²) >= 11 is 0. The Morgan fingerprint density at radius 2 is 0.627 bits per heavy atom. The predicted molar refractivity (Wildman–Crippen MR) is 279 cm³/mol. The number of hydrogen-bond donors (Lipinski definition) is 0. The first kappa shape index (κ1) is 40.4. The van der Waals surface area contributed by atoms with Crippen LogP contribution in [0.3, 0.4) is 0 Å². The van der Waals surface area contributed by atoms with Gasteiger partial charge in [-0.15, -0.1) is 0 Å². The van der Waals surface area contributed by atoms with Crippen LogP contribution in [0.2, 0.25) is 0 Å². The van der Waals surface area contributed by atoms with Crippen LogP contribution in [-0.2, 0) is 10.8 Å². The fourth-order valence-electron chi connectivity index (χ4n) is 10.7. The standard InChI is InChI=1S/C64H49N3/c1-63(2)56-21-13-11-19-52(56)54-39-50(35-37-58(54)63)67(51-36-38-59-55(40-51)53-20-12-14-22-57(53)64(59,3)4)49-33-31-47(32-34-49)61-41-60(46-27-23-44(24-28-46)42-15-7-5-8-16-42)65-62(66-61)48-29-25-45(26-30-48)43-17-9-6-10-18-43/h5-41H,1-4H3. The second kappa shape index (κ2) is 15.8. The second-order valence-corrected chi connectivity index (χ2v) is 19.0. The van der Waals surface area contributed by atoms with E-state index < -0.39 is 0 Å². The predicted octanol–water partition coefficient (Wildman–Crippen LogP) is 16.9. The third-order valence-corrected chi connectivity index (χ3v) is 14.3. The van der Waals surface area contributed by atoms with Gasteiger partial charge in [0.25, 0.3) is 0 Å². The lowest BCUT2D eigenvalue weighted by molar-refractivity contribution is 0.660. The van der Waals surface area contributed by atoms with Gasteiger partial charge in [0.1, 0.15) is 0 Å². The van der Waals surface area contributed by atoms with Gasteiger partial charge >= 0.3 is 0 Å². The Morgan fingerprint density at radius 1 is 0.284 bits per heavy atom. The van der Waals surface area contributed by atoms with E-state index in [1.165, 1.54) is 61.2 Å². The van der Waals surface area contributed by atoms with Crippen LogP contribution >= 0.6 is 0 Å². The lowest BCUT2D eigenvalue weighted by Crippen LogP contribution is -2.16. The molecule has 0 spiro atoms. The topological polar surface area (TPSA) is 29.0 Å². The molecule has 0 fully saturated rings. The van der Waals surface area contributed by atoms with Gasteiger partial charge in [-0.2, -0.15) is 0 Å². The average molecular weight is 860 g/mol. The average Bonchev–Trinajstić information content (AvgIpc) is 3.76. The first-order chi connectivity index (χ1) is 32.7. The summed E-state index contributed by atoms with van der Waals surface area (Å²) in [5.74, 6) is 0.688. The number of rotatable bonds is 8. The summed E-state index contributed by atoms with van der Waals surface area (Å²) in [6.45, 7) is 9.38. The molecule has 0 saturated carbocycles. The maximum absolute atomic E-state index is 5.28. The molecule has 0 N–H and O–H groups in total. The van der Waals surface area contributed by atoms with Crippen molar-refractivity contribution in [2.75, 3.05) is 4.90 Å². The Morgan fingerprint density at radius 3 is 1.09 bits per heavy atom. The molecule has 0 aliphatic heterocycles. The molecule has 0 atom stereocenters. The van der Waals surface area contributed by atoms with E-state index in [0.29, 0.717) is 5.82 Å². The number of hydrogen-bond acceptors (Lipinski definition) is 3. The summed E-state index contributed by atoms with van der Waals surface area (Å²) in [7, 11) is 0. The van der Waals surface area contributed by atoms with Gasteiger partial charge in [0.05, 0.1) is 11.4 Å². The van der Waals surface area contributed by atoms with E-state index in [1.807, 2.05) is 0 Å². The third kappa shape index (κ3) is 6.89. The first-order valence-electron chi connectivity index (χ1n) is 23.3. The van der Waals surface area contributed by atoms with Crippen molar-refractivity contribution in [1.29, 1.82) is 0 Å². The number of fused-ring (bicyclic) bond motifs is 6. The molecule has 0 saturated heterocycles. The fraction of sp³-hybridized carbons (Fsp3) is 0.0938. The van der Waals surface area contributed by atoms with Gasteiger partial charge in [-0.3, -0.25) is 0 Å². The second-order valence-electron chi connectivity index (χ2n) is 19.0. The Bertz CT molecular complexity index is 3270. The van der Waals surface area contributed by atoms with E-state index in [0.717, 1.165) is 50.7 Å². The zero-order chi connectivity index (χ0) is 45.3. The molecule has 67 heavy (non-hydrogen) atoms. The van der Waals surface area contributed by atoms with Gasteiger partial charge in [0.2, 0.25) is 0 Å². The third-order valence-electron chi connectivity index (χ3n) is 14.3. The molecule has 0 amide bonds. The Kier molecular flexibility index (Phi) is 9.51. The maximum atomic E-state index is 5.28. The van der Waals surface area contributed by atoms with Crippen molar-refractivity contribution < 1.29 is 0 Å². The SMILES string of the molecule is CC1(C)c2ccccc2-c2cc(N(c3ccc(-c4cc(-c5ccc(-c6ccccc6)cc5)nc(-c5ccc(-c6ccccc6)cc5)n4)cc3)c3ccc4c(c3)-c3ccccc3C4(C)C)ccc21. The van der Waals surface area contributed by atoms with Crippen LogP contribution in [0.25, 0.3) is 78.4 Å². The quantitative estimate of drug-likeness (QED) is 0.152. The zero-order valence-corrected chi connectivity index (χ0v) is 38.2. The van der Waals surface area contributed by atoms with Crippen LogP contribution in [0, 0.1) is 0 Å². The molecule has 1 aromatic heterocycles. The summed E-state index contributed by atoms with van der Waals surface area (Å²) < 4.78 is 0. The molecular formula is C64H49N3. The monoisotopic (exact) mass is 859 g/mol. The normalized spacial score (nSPS) is 13.6. The Hall–Kier alpha value is -8.14. The largest absolute Gasteiger partial charge is 0.310 e. The number of aromatic nitrogens is 2. The summed E-state index contributed by atoms with van der Waals surface area (Å²) in [4.78, 5) is 12.9. The molecule has 3 nitrogen and oxygen atoms in total. The summed E-state index contributed by atoms with van der Waals surface area (Å²) in [5, 5.41) is 0. The van der Waals surface area contributed by atoms with E-state index in [9.17, 15) is 0 Å². The van der Waals surface area contributed by atoms with Crippen molar-refractivity contribution in [3.8, 4) is 78.4 Å². The van der Waals surface area contributed by atoms with Crippen LogP contribution in [0.1, 0.15) is 49.9 Å². The van der Waals surface area contributed by atoms with Crippen LogP contribution in [0.5, 0.6) is 0 Å². The highest BCUT2D eigenvalue weighted by atomic mass is 15.1. The van der Waals surface area contributed by atoms with Gasteiger partial charge in [-0.1, -0.05) is 210 Å². The summed E-state index contributed by atoms with van der Waals surface area (Å²) in [5.41, 5.74) is 23.3. The molecule has 320 valence electrons. The fourth-order valence-corrected chi connectivity index (χ4v) is 10.7. The van der Waals surface area contributed by atoms with Gasteiger partial charge < -0.3 is 4.90 Å². The maximum Gasteiger partial charge on any atom is 0.160 e. The minimum Gasteiger partial charge on any atom is -0.310 e. The van der Waals surface area contributed by atoms with Crippen molar-refractivity contribution >= 4 is 17.1 Å². The molecule has 9 aromatic carbocycles. The number of nitrogens with zero attached hydrogens (tertiary/aromatic N) is 3. The lowest BCUT2D eigenvalue weighted by Gasteiger charge is -2.28. The van der Waals surface area contributed by atoms with Gasteiger partial charge in [0, 0.05) is 44.6 Å². The highest BCUT2D eigenvalue weighted by molar-refractivity contribution is 5.90. The number of benzene rings is 9. The van der Waals surface area contributed by atoms with Crippen molar-refractivity contribution in [3.63, 3.8) is 0 Å². The van der Waals surface area contributed by atoms with Crippen molar-refractivity contribution in [1.82, 2.24) is 9.97 Å². The molecule has 10 aromatic rings. The van der Waals surface area contributed by atoms with E-state index in [1.54, 1.807) is 0 Å². The molecule has 0 bridgehead atoms. The smallest absolute Gasteiger partial charge is 0.160 e. The van der Waals surface area contributed by atoms with E-state index in [4.69, 9.17) is 9.97 Å². The minimum atomic E-state index is -0.0804. The molecule has 1 heterocycles.